The van der Waals surface area contributed by atoms with E-state index in [-0.39, 0.29) is 17.0 Å². The molecule has 154 valence electrons. The molecular weight excluding hydrogens is 362 g/mol. The molecule has 1 aromatic rings. The van der Waals surface area contributed by atoms with Crippen LogP contribution in [0.25, 0.3) is 0 Å². The van der Waals surface area contributed by atoms with Crippen molar-refractivity contribution in [3.8, 4) is 0 Å². The third kappa shape index (κ3) is 5.78. The van der Waals surface area contributed by atoms with Crippen molar-refractivity contribution in [1.29, 1.82) is 0 Å². The van der Waals surface area contributed by atoms with Crippen molar-refractivity contribution in [2.24, 2.45) is 11.8 Å². The van der Waals surface area contributed by atoms with E-state index < -0.39 is 9.84 Å². The van der Waals surface area contributed by atoms with Gasteiger partial charge in [-0.15, -0.1) is 0 Å². The Hall–Kier alpha value is -0.920. The van der Waals surface area contributed by atoms with Crippen LogP contribution in [0.1, 0.15) is 58.6 Å². The Morgan fingerprint density at radius 3 is 2.70 bits per heavy atom. The maximum absolute atomic E-state index is 13.0. The minimum Gasteiger partial charge on any atom is -0.377 e. The highest BCUT2D eigenvalue weighted by molar-refractivity contribution is 7.91. The molecule has 1 saturated heterocycles. The summed E-state index contributed by atoms with van der Waals surface area (Å²) in [6.07, 6.45) is 7.12. The zero-order valence-corrected chi connectivity index (χ0v) is 17.9. The van der Waals surface area contributed by atoms with E-state index in [2.05, 4.69) is 30.7 Å². The van der Waals surface area contributed by atoms with Crippen LogP contribution in [0.3, 0.4) is 0 Å². The number of sulfone groups is 1. The summed E-state index contributed by atoms with van der Waals surface area (Å²) in [4.78, 5) is 6.84. The van der Waals surface area contributed by atoms with E-state index in [1.165, 1.54) is 12.8 Å². The van der Waals surface area contributed by atoms with Crippen molar-refractivity contribution in [2.45, 2.75) is 77.2 Å². The second-order valence-electron chi connectivity index (χ2n) is 8.63. The number of nitrogens with zero attached hydrogens (tertiary/aromatic N) is 3. The van der Waals surface area contributed by atoms with Gasteiger partial charge in [-0.3, -0.25) is 4.90 Å². The Morgan fingerprint density at radius 1 is 1.33 bits per heavy atom. The maximum Gasteiger partial charge on any atom is 0.227 e. The number of imidazole rings is 1. The fraction of sp³-hybridized carbons (Fsp3) is 0.850. The first-order valence-electron chi connectivity index (χ1n) is 10.5. The van der Waals surface area contributed by atoms with Gasteiger partial charge in [-0.25, -0.2) is 13.4 Å². The van der Waals surface area contributed by atoms with Gasteiger partial charge in [0.25, 0.3) is 0 Å². The summed E-state index contributed by atoms with van der Waals surface area (Å²) < 4.78 is 33.6. The van der Waals surface area contributed by atoms with Crippen LogP contribution in [0.5, 0.6) is 0 Å². The van der Waals surface area contributed by atoms with E-state index in [0.29, 0.717) is 19.1 Å². The van der Waals surface area contributed by atoms with Crippen LogP contribution in [-0.4, -0.2) is 54.4 Å². The smallest absolute Gasteiger partial charge is 0.227 e. The summed E-state index contributed by atoms with van der Waals surface area (Å²) in [5, 5.41) is 0.226. The highest BCUT2D eigenvalue weighted by atomic mass is 32.2. The summed E-state index contributed by atoms with van der Waals surface area (Å²) in [7, 11) is -3.45. The predicted octanol–water partition coefficient (Wildman–Crippen LogP) is 3.11. The normalized spacial score (nSPS) is 20.9. The monoisotopic (exact) mass is 397 g/mol. The Labute approximate surface area is 164 Å². The average Bonchev–Trinajstić information content (AvgIpc) is 3.08. The third-order valence-corrected chi connectivity index (χ3v) is 6.99. The zero-order chi connectivity index (χ0) is 19.4. The Balaban J connectivity index is 1.81. The Bertz CT molecular complexity index is 704. The molecule has 1 unspecified atom stereocenters. The maximum atomic E-state index is 13.0. The summed E-state index contributed by atoms with van der Waals surface area (Å²) in [5.41, 5.74) is 1.02. The fourth-order valence-corrected chi connectivity index (χ4v) is 5.51. The molecule has 0 bridgehead atoms. The van der Waals surface area contributed by atoms with Crippen LogP contribution in [0.2, 0.25) is 0 Å². The van der Waals surface area contributed by atoms with E-state index in [9.17, 15) is 8.42 Å². The first kappa shape index (κ1) is 20.8. The van der Waals surface area contributed by atoms with Crippen LogP contribution >= 0.6 is 0 Å². The number of hydrogen-bond acceptors (Lipinski definition) is 5. The molecular formula is C20H35N3O3S. The molecule has 0 radical (unpaired) electrons. The van der Waals surface area contributed by atoms with Gasteiger partial charge < -0.3 is 9.30 Å². The summed E-state index contributed by atoms with van der Waals surface area (Å²) >= 11 is 0. The van der Waals surface area contributed by atoms with Gasteiger partial charge in [-0.05, 0) is 50.5 Å². The average molecular weight is 398 g/mol. The zero-order valence-electron chi connectivity index (χ0n) is 17.1. The van der Waals surface area contributed by atoms with E-state index in [4.69, 9.17) is 4.74 Å². The molecule has 6 nitrogen and oxygen atoms in total. The molecule has 1 atom stereocenters. The van der Waals surface area contributed by atoms with E-state index in [0.717, 1.165) is 50.5 Å². The van der Waals surface area contributed by atoms with Crippen molar-refractivity contribution in [3.63, 3.8) is 0 Å². The molecule has 0 aromatic carbocycles. The first-order chi connectivity index (χ1) is 12.9. The molecule has 2 aliphatic rings. The molecule has 0 N–H and O–H groups in total. The van der Waals surface area contributed by atoms with E-state index >= 15 is 0 Å². The molecule has 2 heterocycles. The highest BCUT2D eigenvalue weighted by Crippen LogP contribution is 2.30. The molecule has 1 aliphatic heterocycles. The van der Waals surface area contributed by atoms with E-state index in [1.54, 1.807) is 6.20 Å². The number of ether oxygens (including phenoxy) is 1. The van der Waals surface area contributed by atoms with Crippen molar-refractivity contribution in [2.75, 3.05) is 25.4 Å². The predicted molar refractivity (Wildman–Crippen MR) is 106 cm³/mol. The molecule has 0 spiro atoms. The molecule has 2 fully saturated rings. The Morgan fingerprint density at radius 2 is 2.11 bits per heavy atom. The molecule has 7 heteroatoms. The van der Waals surface area contributed by atoms with Gasteiger partial charge in [0.1, 0.15) is 0 Å². The molecule has 1 aliphatic carbocycles. The highest BCUT2D eigenvalue weighted by Gasteiger charge is 2.30. The second kappa shape index (κ2) is 9.05. The Kier molecular flexibility index (Phi) is 6.98. The molecule has 1 aromatic heterocycles. The van der Waals surface area contributed by atoms with Crippen LogP contribution in [-0.2, 0) is 27.7 Å². The summed E-state index contributed by atoms with van der Waals surface area (Å²) in [5.74, 6) is 1.22. The summed E-state index contributed by atoms with van der Waals surface area (Å²) in [6.45, 7) is 10.7. The van der Waals surface area contributed by atoms with Crippen LogP contribution in [0.15, 0.2) is 11.4 Å². The molecule has 0 amide bonds. The van der Waals surface area contributed by atoms with Gasteiger partial charge in [-0.1, -0.05) is 20.8 Å². The van der Waals surface area contributed by atoms with Crippen LogP contribution < -0.4 is 0 Å². The lowest BCUT2D eigenvalue weighted by atomic mass is 10.2. The number of aromatic nitrogens is 2. The third-order valence-electron chi connectivity index (χ3n) is 5.30. The second-order valence-corrected chi connectivity index (χ2v) is 10.6. The lowest BCUT2D eigenvalue weighted by molar-refractivity contribution is 0.127. The minimum absolute atomic E-state index is 0.0439. The van der Waals surface area contributed by atoms with Crippen molar-refractivity contribution in [1.82, 2.24) is 14.5 Å². The molecule has 3 rings (SSSR count). The first-order valence-corrected chi connectivity index (χ1v) is 12.2. The fourth-order valence-electron chi connectivity index (χ4n) is 3.87. The quantitative estimate of drug-likeness (QED) is 0.574. The van der Waals surface area contributed by atoms with Crippen molar-refractivity contribution >= 4 is 9.84 Å². The van der Waals surface area contributed by atoms with Gasteiger partial charge in [0.15, 0.2) is 0 Å². The van der Waals surface area contributed by atoms with Gasteiger partial charge in [0, 0.05) is 26.2 Å². The topological polar surface area (TPSA) is 64.4 Å². The molecule has 27 heavy (non-hydrogen) atoms. The standard InChI is InChI=1S/C20H35N3O3S/c1-4-9-22(13-17-7-8-17)14-18-11-21-20(23(18)12-16(2)3)27(24,25)15-19-6-5-10-26-19/h11,16-17,19H,4-10,12-15H2,1-3H3. The number of rotatable bonds is 11. The van der Waals surface area contributed by atoms with Gasteiger partial charge in [0.05, 0.1) is 23.7 Å². The number of hydrogen-bond donors (Lipinski definition) is 0. The van der Waals surface area contributed by atoms with Crippen molar-refractivity contribution < 1.29 is 13.2 Å². The van der Waals surface area contributed by atoms with Crippen LogP contribution in [0, 0.1) is 11.8 Å². The lowest BCUT2D eigenvalue weighted by Crippen LogP contribution is -2.29. The van der Waals surface area contributed by atoms with Crippen LogP contribution in [0.4, 0.5) is 0 Å². The molecule has 1 saturated carbocycles. The van der Waals surface area contributed by atoms with Crippen molar-refractivity contribution in [3.05, 3.63) is 11.9 Å². The SMILES string of the molecule is CCCN(Cc1cnc(S(=O)(=O)CC2CCCO2)n1CC(C)C)CC1CC1. The largest absolute Gasteiger partial charge is 0.377 e. The van der Waals surface area contributed by atoms with Gasteiger partial charge in [-0.2, -0.15) is 0 Å². The lowest BCUT2D eigenvalue weighted by Gasteiger charge is -2.23. The van der Waals surface area contributed by atoms with Gasteiger partial charge >= 0.3 is 0 Å². The minimum atomic E-state index is -3.45. The van der Waals surface area contributed by atoms with E-state index in [1.807, 2.05) is 4.57 Å². The summed E-state index contributed by atoms with van der Waals surface area (Å²) in [6, 6.07) is 0. The van der Waals surface area contributed by atoms with Gasteiger partial charge in [0.2, 0.25) is 15.0 Å².